The predicted molar refractivity (Wildman–Crippen MR) is 90.7 cm³/mol. The number of nitrogens with one attached hydrogen (secondary N) is 1. The number of nitrogens with zero attached hydrogens (tertiary/aromatic N) is 1. The third-order valence-corrected chi connectivity index (χ3v) is 6.21. The van der Waals surface area contributed by atoms with Gasteiger partial charge >= 0.3 is 0 Å². The number of hydrogen-bond donors (Lipinski definition) is 1. The Hall–Kier alpha value is -1.21. The van der Waals surface area contributed by atoms with Crippen LogP contribution in [0.1, 0.15) is 37.0 Å². The van der Waals surface area contributed by atoms with Crippen LogP contribution in [0.3, 0.4) is 0 Å². The molecular weight excluding hydrogens is 380 g/mol. The molecule has 0 aromatic carbocycles. The van der Waals surface area contributed by atoms with Crippen LogP contribution < -0.4 is 5.32 Å². The average molecular weight is 399 g/mol. The van der Waals surface area contributed by atoms with Gasteiger partial charge in [0.05, 0.1) is 22.2 Å². The first-order chi connectivity index (χ1) is 11.1. The summed E-state index contributed by atoms with van der Waals surface area (Å²) in [6.07, 6.45) is 3.83. The molecule has 0 radical (unpaired) electrons. The van der Waals surface area contributed by atoms with Crippen LogP contribution in [0.5, 0.6) is 0 Å². The first-order valence-electron chi connectivity index (χ1n) is 7.92. The third-order valence-electron chi connectivity index (χ3n) is 4.58. The molecule has 7 heteroatoms. The Morgan fingerprint density at radius 3 is 2.43 bits per heavy atom. The summed E-state index contributed by atoms with van der Waals surface area (Å²) >= 11 is 4.95. The average Bonchev–Trinajstić information content (AvgIpc) is 3.07. The van der Waals surface area contributed by atoms with E-state index in [0.29, 0.717) is 6.54 Å². The number of rotatable bonds is 5. The van der Waals surface area contributed by atoms with Crippen LogP contribution in [-0.4, -0.2) is 29.2 Å². The number of fused-ring (bicyclic) bond motifs is 1. The second kappa shape index (κ2) is 7.13. The summed E-state index contributed by atoms with van der Waals surface area (Å²) in [5.74, 6) is -0.556. The van der Waals surface area contributed by atoms with Gasteiger partial charge in [-0.15, -0.1) is 11.3 Å². The van der Waals surface area contributed by atoms with E-state index in [9.17, 15) is 14.4 Å². The van der Waals surface area contributed by atoms with E-state index < -0.39 is 0 Å². The van der Waals surface area contributed by atoms with Gasteiger partial charge in [-0.1, -0.05) is 12.8 Å². The van der Waals surface area contributed by atoms with Crippen molar-refractivity contribution >= 4 is 45.0 Å². The van der Waals surface area contributed by atoms with Crippen LogP contribution >= 0.6 is 27.3 Å². The highest BCUT2D eigenvalue weighted by atomic mass is 79.9. The second-order valence-electron chi connectivity index (χ2n) is 6.06. The Labute approximate surface area is 147 Å². The molecule has 1 aliphatic heterocycles. The Bertz CT molecular complexity index is 607. The van der Waals surface area contributed by atoms with Crippen molar-refractivity contribution in [2.75, 3.05) is 6.54 Å². The normalized spacial score (nSPS) is 24.0. The molecule has 3 rings (SSSR count). The molecule has 2 heterocycles. The molecule has 1 aromatic rings. The fourth-order valence-electron chi connectivity index (χ4n) is 3.39. The van der Waals surface area contributed by atoms with Gasteiger partial charge in [-0.05, 0) is 40.9 Å². The van der Waals surface area contributed by atoms with Gasteiger partial charge < -0.3 is 5.32 Å². The first kappa shape index (κ1) is 16.6. The maximum Gasteiger partial charge on any atom is 0.233 e. The fourth-order valence-corrected chi connectivity index (χ4v) is 4.81. The molecular formula is C16H19BrN2O3S. The molecule has 1 aromatic heterocycles. The number of carbonyl (C=O) groups is 3. The fraction of sp³-hybridized carbons (Fsp3) is 0.562. The molecule has 0 spiro atoms. The zero-order valence-corrected chi connectivity index (χ0v) is 15.1. The smallest absolute Gasteiger partial charge is 0.233 e. The molecule has 1 saturated heterocycles. The number of imide groups is 1. The van der Waals surface area contributed by atoms with Gasteiger partial charge in [-0.3, -0.25) is 19.3 Å². The largest absolute Gasteiger partial charge is 0.351 e. The molecule has 3 amide bonds. The molecule has 1 aliphatic carbocycles. The van der Waals surface area contributed by atoms with E-state index in [0.717, 1.165) is 34.3 Å². The van der Waals surface area contributed by atoms with E-state index in [1.54, 1.807) is 11.3 Å². The van der Waals surface area contributed by atoms with Crippen molar-refractivity contribution < 1.29 is 14.4 Å². The Balaban J connectivity index is 1.48. The number of amides is 3. The topological polar surface area (TPSA) is 66.5 Å². The van der Waals surface area contributed by atoms with Gasteiger partial charge in [0, 0.05) is 17.8 Å². The minimum atomic E-state index is -0.136. The first-order valence-corrected chi connectivity index (χ1v) is 9.53. The van der Waals surface area contributed by atoms with E-state index >= 15 is 0 Å². The number of carbonyl (C=O) groups excluding carboxylic acids is 3. The van der Waals surface area contributed by atoms with Gasteiger partial charge in [0.2, 0.25) is 17.7 Å². The van der Waals surface area contributed by atoms with E-state index in [1.807, 2.05) is 12.1 Å². The maximum absolute atomic E-state index is 12.3. The van der Waals surface area contributed by atoms with Gasteiger partial charge in [0.15, 0.2) is 0 Å². The quantitative estimate of drug-likeness (QED) is 0.775. The minimum absolute atomic E-state index is 0.0744. The Morgan fingerprint density at radius 1 is 1.22 bits per heavy atom. The molecule has 2 fully saturated rings. The number of likely N-dealkylation sites (tertiary alicyclic amines) is 1. The van der Waals surface area contributed by atoms with Gasteiger partial charge in [-0.2, -0.15) is 0 Å². The van der Waals surface area contributed by atoms with Crippen molar-refractivity contribution in [1.29, 1.82) is 0 Å². The summed E-state index contributed by atoms with van der Waals surface area (Å²) in [6.45, 7) is 0.673. The second-order valence-corrected chi connectivity index (χ2v) is 8.61. The summed E-state index contributed by atoms with van der Waals surface area (Å²) in [7, 11) is 0. The van der Waals surface area contributed by atoms with Gasteiger partial charge in [0.25, 0.3) is 0 Å². The van der Waals surface area contributed by atoms with Crippen LogP contribution in [0.15, 0.2) is 15.9 Å². The van der Waals surface area contributed by atoms with Crippen molar-refractivity contribution in [2.45, 2.75) is 38.6 Å². The zero-order chi connectivity index (χ0) is 16.4. The summed E-state index contributed by atoms with van der Waals surface area (Å²) in [5.41, 5.74) is 0. The van der Waals surface area contributed by atoms with E-state index in [2.05, 4.69) is 21.2 Å². The molecule has 1 saturated carbocycles. The lowest BCUT2D eigenvalue weighted by Crippen LogP contribution is -2.35. The SMILES string of the molecule is O=C(CCN1C(=O)C2CCCCC2C1=O)NCc1ccc(Br)s1. The molecule has 2 atom stereocenters. The minimum Gasteiger partial charge on any atom is -0.351 e. The third kappa shape index (κ3) is 3.66. The van der Waals surface area contributed by atoms with Crippen molar-refractivity contribution in [3.8, 4) is 0 Å². The van der Waals surface area contributed by atoms with E-state index in [-0.39, 0.29) is 42.5 Å². The lowest BCUT2D eigenvalue weighted by atomic mass is 9.81. The summed E-state index contributed by atoms with van der Waals surface area (Å²) in [6, 6.07) is 3.89. The van der Waals surface area contributed by atoms with Crippen LogP contribution in [0.4, 0.5) is 0 Å². The molecule has 1 N–H and O–H groups in total. The van der Waals surface area contributed by atoms with Crippen molar-refractivity contribution in [2.24, 2.45) is 11.8 Å². The van der Waals surface area contributed by atoms with Crippen LogP contribution in [0.25, 0.3) is 0 Å². The van der Waals surface area contributed by atoms with Crippen molar-refractivity contribution in [1.82, 2.24) is 10.2 Å². The maximum atomic E-state index is 12.3. The van der Waals surface area contributed by atoms with Crippen LogP contribution in [-0.2, 0) is 20.9 Å². The number of hydrogen-bond acceptors (Lipinski definition) is 4. The summed E-state index contributed by atoms with van der Waals surface area (Å²) in [4.78, 5) is 38.9. The summed E-state index contributed by atoms with van der Waals surface area (Å²) in [5, 5.41) is 2.83. The Kier molecular flexibility index (Phi) is 5.16. The van der Waals surface area contributed by atoms with Gasteiger partial charge in [0.1, 0.15) is 0 Å². The molecule has 5 nitrogen and oxygen atoms in total. The number of halogens is 1. The molecule has 23 heavy (non-hydrogen) atoms. The van der Waals surface area contributed by atoms with Crippen molar-refractivity contribution in [3.63, 3.8) is 0 Å². The zero-order valence-electron chi connectivity index (χ0n) is 12.7. The highest BCUT2D eigenvalue weighted by molar-refractivity contribution is 9.11. The highest BCUT2D eigenvalue weighted by Gasteiger charge is 2.47. The monoisotopic (exact) mass is 398 g/mol. The van der Waals surface area contributed by atoms with Crippen LogP contribution in [0.2, 0.25) is 0 Å². The van der Waals surface area contributed by atoms with Crippen molar-refractivity contribution in [3.05, 3.63) is 20.8 Å². The molecule has 2 aliphatic rings. The van der Waals surface area contributed by atoms with Gasteiger partial charge in [-0.25, -0.2) is 0 Å². The lowest BCUT2D eigenvalue weighted by Gasteiger charge is -2.19. The highest BCUT2D eigenvalue weighted by Crippen LogP contribution is 2.37. The molecule has 124 valence electrons. The lowest BCUT2D eigenvalue weighted by molar-refractivity contribution is -0.140. The van der Waals surface area contributed by atoms with E-state index in [1.165, 1.54) is 4.90 Å². The molecule has 2 unspecified atom stereocenters. The Morgan fingerprint density at radius 2 is 1.87 bits per heavy atom. The summed E-state index contributed by atoms with van der Waals surface area (Å²) < 4.78 is 1.03. The molecule has 0 bridgehead atoms. The van der Waals surface area contributed by atoms with E-state index in [4.69, 9.17) is 0 Å². The predicted octanol–water partition coefficient (Wildman–Crippen LogP) is 2.69. The van der Waals surface area contributed by atoms with Crippen LogP contribution in [0, 0.1) is 11.8 Å². The standard InChI is InChI=1S/C16H19BrN2O3S/c17-13-6-5-10(23-13)9-18-14(20)7-8-19-15(21)11-3-1-2-4-12(11)16(19)22/h5-6,11-12H,1-4,7-9H2,(H,18,20). The number of thiophene rings is 1.